The van der Waals surface area contributed by atoms with Crippen LogP contribution in [0.2, 0.25) is 0 Å². The molecule has 8 rings (SSSR count). The van der Waals surface area contributed by atoms with Gasteiger partial charge in [0.25, 0.3) is 0 Å². The number of aliphatic hydroxyl groups is 3. The second-order valence-corrected chi connectivity index (χ2v) is 17.1. The molecule has 0 aromatic carbocycles. The zero-order chi connectivity index (χ0) is 35.0. The van der Waals surface area contributed by atoms with Crippen LogP contribution in [0, 0.1) is 63.6 Å². The lowest BCUT2D eigenvalue weighted by Crippen LogP contribution is -2.73. The summed E-state index contributed by atoms with van der Waals surface area (Å²) in [5.74, 6) is -8.40. The van der Waals surface area contributed by atoms with E-state index in [-0.39, 0.29) is 12.0 Å². The summed E-state index contributed by atoms with van der Waals surface area (Å²) in [5.41, 5.74) is -5.39. The molecule has 5 saturated carbocycles. The molecule has 0 aromatic heterocycles. The van der Waals surface area contributed by atoms with E-state index in [1.165, 1.54) is 27.7 Å². The number of rotatable bonds is 3. The molecule has 0 radical (unpaired) electrons. The molecule has 13 heteroatoms. The standard InChI is InChI=1S/C35H48O13/c1-11-19-18(23(39)25(43-13(3)36)16-10-17-26(46-17)29(31(16,19)6)45-15(5)38)21-24(40)22-20(32(21,7)27(11)44-14(4)37)12(2)28-35(47-28)33(22,8)34(9,42)30(41)48-35/h11-12,16-29,39-40,42H,10H2,1-9H3/t11-,12-,16+,17-,18+,19-,20-,21+,22-,23+,24+,25-,26-,27-,28-,29-,31-,32+,33-,34+,35+/m0/s1. The van der Waals surface area contributed by atoms with E-state index in [1.54, 1.807) is 6.92 Å². The third-order valence-electron chi connectivity index (χ3n) is 15.3. The summed E-state index contributed by atoms with van der Waals surface area (Å²) in [4.78, 5) is 51.6. The van der Waals surface area contributed by atoms with Gasteiger partial charge in [0, 0.05) is 49.4 Å². The molecule has 3 aliphatic heterocycles. The molecule has 3 saturated heterocycles. The van der Waals surface area contributed by atoms with Crippen molar-refractivity contribution in [3.8, 4) is 0 Å². The van der Waals surface area contributed by atoms with Crippen LogP contribution in [0.1, 0.15) is 68.7 Å². The maximum Gasteiger partial charge on any atom is 0.341 e. The minimum absolute atomic E-state index is 0.242. The van der Waals surface area contributed by atoms with E-state index in [1.807, 2.05) is 27.7 Å². The van der Waals surface area contributed by atoms with Crippen molar-refractivity contribution in [1.29, 1.82) is 0 Å². The smallest absolute Gasteiger partial charge is 0.341 e. The predicted octanol–water partition coefficient (Wildman–Crippen LogP) is 1.12. The Bertz CT molecular complexity index is 1500. The summed E-state index contributed by atoms with van der Waals surface area (Å²) in [5, 5.41) is 37.3. The van der Waals surface area contributed by atoms with Gasteiger partial charge in [0.2, 0.25) is 5.79 Å². The summed E-state index contributed by atoms with van der Waals surface area (Å²) in [6.45, 7) is 15.0. The molecule has 8 fully saturated rings. The second-order valence-electron chi connectivity index (χ2n) is 17.1. The number of ether oxygens (including phenoxy) is 6. The summed E-state index contributed by atoms with van der Waals surface area (Å²) >= 11 is 0. The maximum atomic E-state index is 13.3. The van der Waals surface area contributed by atoms with E-state index in [2.05, 4.69) is 0 Å². The maximum absolute atomic E-state index is 13.3. The van der Waals surface area contributed by atoms with Gasteiger partial charge in [-0.25, -0.2) is 4.79 Å². The molecular formula is C35H48O13. The lowest BCUT2D eigenvalue weighted by molar-refractivity contribution is -0.286. The van der Waals surface area contributed by atoms with Crippen molar-refractivity contribution >= 4 is 23.9 Å². The number of aliphatic hydroxyl groups excluding tert-OH is 2. The van der Waals surface area contributed by atoms with E-state index in [0.29, 0.717) is 6.42 Å². The number of hydrogen-bond donors (Lipinski definition) is 3. The molecule has 0 unspecified atom stereocenters. The highest BCUT2D eigenvalue weighted by Crippen LogP contribution is 2.81. The molecule has 3 N–H and O–H groups in total. The average Bonchev–Trinajstić information content (AvgIpc) is 3.88. The van der Waals surface area contributed by atoms with Gasteiger partial charge in [-0.15, -0.1) is 0 Å². The van der Waals surface area contributed by atoms with Gasteiger partial charge in [0.15, 0.2) is 5.60 Å². The van der Waals surface area contributed by atoms with Crippen LogP contribution in [-0.4, -0.2) is 99.4 Å². The van der Waals surface area contributed by atoms with E-state index in [0.717, 1.165) is 0 Å². The van der Waals surface area contributed by atoms with Gasteiger partial charge in [-0.05, 0) is 49.9 Å². The fraction of sp³-hybridized carbons (Fsp3) is 0.886. The molecule has 13 nitrogen and oxygen atoms in total. The van der Waals surface area contributed by atoms with Gasteiger partial charge in [-0.2, -0.15) is 0 Å². The van der Waals surface area contributed by atoms with Crippen molar-refractivity contribution in [2.45, 2.75) is 129 Å². The molecule has 5 aliphatic carbocycles. The van der Waals surface area contributed by atoms with Crippen molar-refractivity contribution in [3.63, 3.8) is 0 Å². The Labute approximate surface area is 279 Å². The fourth-order valence-electron chi connectivity index (χ4n) is 13.7. The number of carbonyl (C=O) groups excluding carboxylic acids is 4. The summed E-state index contributed by atoms with van der Waals surface area (Å²) < 4.78 is 36.5. The first-order valence-electron chi connectivity index (χ1n) is 17.4. The van der Waals surface area contributed by atoms with Crippen LogP contribution in [-0.2, 0) is 47.6 Å². The minimum atomic E-state index is -2.03. The van der Waals surface area contributed by atoms with E-state index < -0.39 is 136 Å². The van der Waals surface area contributed by atoms with Crippen molar-refractivity contribution in [2.24, 2.45) is 63.6 Å². The van der Waals surface area contributed by atoms with Crippen LogP contribution in [0.25, 0.3) is 0 Å². The Kier molecular flexibility index (Phi) is 6.51. The Morgan fingerprint density at radius 1 is 0.792 bits per heavy atom. The van der Waals surface area contributed by atoms with E-state index >= 15 is 0 Å². The number of hydrogen-bond acceptors (Lipinski definition) is 13. The number of fused-ring (bicyclic) bond motifs is 9. The number of carbonyl (C=O) groups is 4. The van der Waals surface area contributed by atoms with Crippen molar-refractivity contribution in [2.75, 3.05) is 0 Å². The van der Waals surface area contributed by atoms with Gasteiger partial charge in [0.1, 0.15) is 30.5 Å². The first-order valence-corrected chi connectivity index (χ1v) is 17.4. The summed E-state index contributed by atoms with van der Waals surface area (Å²) in [7, 11) is 0. The monoisotopic (exact) mass is 676 g/mol. The summed E-state index contributed by atoms with van der Waals surface area (Å²) in [6.07, 6.45) is -5.82. The minimum Gasteiger partial charge on any atom is -0.462 e. The molecule has 48 heavy (non-hydrogen) atoms. The summed E-state index contributed by atoms with van der Waals surface area (Å²) in [6, 6.07) is 0. The van der Waals surface area contributed by atoms with E-state index in [4.69, 9.17) is 28.4 Å². The normalized spacial score (nSPS) is 61.1. The number of epoxide rings is 2. The average molecular weight is 677 g/mol. The van der Waals surface area contributed by atoms with Crippen molar-refractivity contribution in [1.82, 2.24) is 0 Å². The van der Waals surface area contributed by atoms with Gasteiger partial charge >= 0.3 is 23.9 Å². The third kappa shape index (κ3) is 3.46. The Hall–Kier alpha value is -2.32. The highest BCUT2D eigenvalue weighted by atomic mass is 16.8. The first-order chi connectivity index (χ1) is 22.2. The highest BCUT2D eigenvalue weighted by molar-refractivity contribution is 5.84. The van der Waals surface area contributed by atoms with Crippen LogP contribution < -0.4 is 0 Å². The van der Waals surface area contributed by atoms with Gasteiger partial charge in [-0.3, -0.25) is 14.4 Å². The van der Waals surface area contributed by atoms with Crippen molar-refractivity contribution < 1.29 is 62.9 Å². The Balaban J connectivity index is 1.35. The molecule has 0 amide bonds. The zero-order valence-electron chi connectivity index (χ0n) is 28.9. The topological polar surface area (TPSA) is 191 Å². The van der Waals surface area contributed by atoms with Crippen LogP contribution >= 0.6 is 0 Å². The largest absolute Gasteiger partial charge is 0.462 e. The Morgan fingerprint density at radius 3 is 2.00 bits per heavy atom. The zero-order valence-corrected chi connectivity index (χ0v) is 28.9. The van der Waals surface area contributed by atoms with Gasteiger partial charge < -0.3 is 43.7 Å². The van der Waals surface area contributed by atoms with E-state index in [9.17, 15) is 34.5 Å². The molecule has 0 aromatic rings. The number of esters is 4. The molecule has 266 valence electrons. The molecule has 8 aliphatic rings. The Morgan fingerprint density at radius 2 is 1.40 bits per heavy atom. The molecule has 3 heterocycles. The fourth-order valence-corrected chi connectivity index (χ4v) is 13.7. The van der Waals surface area contributed by atoms with Crippen LogP contribution in [0.4, 0.5) is 0 Å². The van der Waals surface area contributed by atoms with Crippen LogP contribution in [0.15, 0.2) is 0 Å². The molecule has 0 bridgehead atoms. The molecular weight excluding hydrogens is 628 g/mol. The van der Waals surface area contributed by atoms with Crippen LogP contribution in [0.5, 0.6) is 0 Å². The lowest BCUT2D eigenvalue weighted by Gasteiger charge is -2.67. The lowest BCUT2D eigenvalue weighted by atomic mass is 9.39. The molecule has 21 atom stereocenters. The van der Waals surface area contributed by atoms with Gasteiger partial charge in [0.05, 0.1) is 23.7 Å². The highest BCUT2D eigenvalue weighted by Gasteiger charge is 2.92. The third-order valence-corrected chi connectivity index (χ3v) is 15.3. The predicted molar refractivity (Wildman–Crippen MR) is 160 cm³/mol. The quantitative estimate of drug-likeness (QED) is 0.219. The van der Waals surface area contributed by atoms with Crippen molar-refractivity contribution in [3.05, 3.63) is 0 Å². The second kappa shape index (κ2) is 9.51. The first kappa shape index (κ1) is 32.9. The van der Waals surface area contributed by atoms with Gasteiger partial charge in [-0.1, -0.05) is 27.7 Å². The SMILES string of the molecule is CC(=O)O[C@@H]1[C@H](O)[C@H]2[C@@H]3[C@@H](O)[C@@H]4[C@H]([C@H](C)[C@@H]5O[C@@]56OC(=O)[C@@](C)(O)[C@]46C)[C@@]3(C)[C@@H](OC(C)=O)[C@@H](C)[C@@H]2[C@]2(C)[C@@H]1C[C@@H]1O[C@@H]1[C@@H]2OC(C)=O. The molecule has 1 spiro atoms. The van der Waals surface area contributed by atoms with Crippen LogP contribution in [0.3, 0.4) is 0 Å².